The number of aliphatic hydroxyl groups is 13. The molecular weight excluding hydrogens is 1310 g/mol. The van der Waals surface area contributed by atoms with Gasteiger partial charge in [0.05, 0.1) is 39.1 Å². The Morgan fingerprint density at radius 3 is 1.16 bits per heavy atom. The summed E-state index contributed by atoms with van der Waals surface area (Å²) in [6.45, 7) is 3.37. The van der Waals surface area contributed by atoms with Crippen LogP contribution in [-0.2, 0) is 80.8 Å². The number of methoxy groups -OCH3 is 1. The highest BCUT2D eigenvalue weighted by atomic mass is 16.8. The first kappa shape index (κ1) is 83.0. The van der Waals surface area contributed by atoms with Crippen molar-refractivity contribution in [2.45, 2.75) is 315 Å². The Morgan fingerprint density at radius 1 is 0.388 bits per heavy atom. The molecule has 35 nitrogen and oxygen atoms in total. The predicted molar refractivity (Wildman–Crippen MR) is 334 cm³/mol. The summed E-state index contributed by atoms with van der Waals surface area (Å²) in [5.41, 5.74) is 0. The number of allylic oxidation sites excluding steroid dienone is 2. The molecule has 0 aliphatic carbocycles. The molecule has 566 valence electrons. The highest BCUT2D eigenvalue weighted by molar-refractivity contribution is 5.76. The summed E-state index contributed by atoms with van der Waals surface area (Å²) in [6.07, 6.45) is -24.7. The number of unbranched alkanes of at least 4 members (excludes halogenated alkanes) is 11. The first-order valence-corrected chi connectivity index (χ1v) is 34.0. The van der Waals surface area contributed by atoms with Crippen LogP contribution in [0.15, 0.2) is 12.2 Å². The molecule has 6 fully saturated rings. The highest BCUT2D eigenvalue weighted by Crippen LogP contribution is 2.37. The van der Waals surface area contributed by atoms with Gasteiger partial charge in [-0.05, 0) is 39.0 Å². The number of amides is 5. The van der Waals surface area contributed by atoms with Crippen LogP contribution in [0.1, 0.15) is 131 Å². The van der Waals surface area contributed by atoms with Gasteiger partial charge in [-0.2, -0.15) is 0 Å². The molecule has 18 N–H and O–H groups in total. The number of nitrogens with one attached hydrogen (secondary N) is 5. The molecule has 5 amide bonds. The number of ether oxygens (including phenoxy) is 12. The van der Waals surface area contributed by atoms with Gasteiger partial charge < -0.3 is 150 Å². The van der Waals surface area contributed by atoms with E-state index in [1.807, 2.05) is 0 Å². The molecule has 30 atom stereocenters. The quantitative estimate of drug-likeness (QED) is 0.0205. The number of carbonyl (C=O) groups excluding carboxylic acids is 5. The lowest BCUT2D eigenvalue weighted by atomic mass is 9.93. The molecule has 6 aliphatic rings. The molecule has 98 heavy (non-hydrogen) atoms. The van der Waals surface area contributed by atoms with Gasteiger partial charge in [0, 0.05) is 41.2 Å². The monoisotopic (exact) mass is 1420 g/mol. The zero-order chi connectivity index (χ0) is 72.1. The van der Waals surface area contributed by atoms with Gasteiger partial charge in [0.2, 0.25) is 29.5 Å². The number of aliphatic hydroxyl groups excluding tert-OH is 13. The second kappa shape index (κ2) is 40.8. The second-order valence-corrected chi connectivity index (χ2v) is 25.9. The zero-order valence-electron chi connectivity index (χ0n) is 56.7. The van der Waals surface area contributed by atoms with Gasteiger partial charge >= 0.3 is 0 Å². The van der Waals surface area contributed by atoms with Gasteiger partial charge in [0.1, 0.15) is 140 Å². The van der Waals surface area contributed by atoms with Crippen LogP contribution in [0.2, 0.25) is 0 Å². The molecule has 6 rings (SSSR count). The van der Waals surface area contributed by atoms with E-state index < -0.39 is 246 Å². The fraction of sp³-hybridized carbons (Fsp3) is 0.889. The molecule has 6 aliphatic heterocycles. The van der Waals surface area contributed by atoms with Crippen molar-refractivity contribution in [3.05, 3.63) is 12.2 Å². The Morgan fingerprint density at radius 2 is 0.755 bits per heavy atom. The largest absolute Gasteiger partial charge is 0.394 e. The maximum atomic E-state index is 13.4. The van der Waals surface area contributed by atoms with E-state index in [2.05, 4.69) is 45.7 Å². The summed E-state index contributed by atoms with van der Waals surface area (Å²) < 4.78 is 71.9. The summed E-state index contributed by atoms with van der Waals surface area (Å²) in [6, 6.07) is -8.35. The average molecular weight is 1420 g/mol. The fourth-order valence-corrected chi connectivity index (χ4v) is 13.0. The third kappa shape index (κ3) is 22.5. The minimum Gasteiger partial charge on any atom is -0.394 e. The first-order chi connectivity index (χ1) is 46.7. The number of hydrogen-bond acceptors (Lipinski definition) is 30. The normalized spacial score (nSPS) is 40.0. The van der Waals surface area contributed by atoms with Crippen LogP contribution in [0.3, 0.4) is 0 Å². The third-order valence-electron chi connectivity index (χ3n) is 18.3. The standard InChI is InChI=1S/C63H109N5O30/c1-8-9-10-11-12-13-14-15-16-17-18-19-20-21-22-23-39(77)68-41-47(80)46(79)34(24-69)91-59(41)95-53-35(25-70)92-60(42(49(53)82)65-31(4)74)96-54-36(26-71)93-61(43(50(54)83)66-32(5)75)97-55-37(27-72)94-62(44(51(55)84)67-33(6)76)98-56-38(90-58(86)40(48(56)81)64-30(3)73)28-88-63-57(87-7)52(85)45(78)29(2)89-63/h13-14,29,34-38,40-63,69-72,78-86H,8-12,15-28H2,1-7H3,(H,64,73)(H,65,74)(H,66,75)(H,67,76)(H,68,77)/b14-13-/t29?,34?,35?,36?,37?,38?,40-,41?,42?,43?,44-,45+,46+,47+,48?,49+,50+,51?,52+,53+,54+,55+,56+,57?,58+,59-,60-,61-,62-,63+/m0/s1. The maximum Gasteiger partial charge on any atom is 0.220 e. The Kier molecular flexibility index (Phi) is 34.6. The molecule has 0 spiro atoms. The van der Waals surface area contributed by atoms with E-state index in [1.54, 1.807) is 0 Å². The van der Waals surface area contributed by atoms with Crippen molar-refractivity contribution in [2.24, 2.45) is 0 Å². The van der Waals surface area contributed by atoms with E-state index in [9.17, 15) is 90.4 Å². The van der Waals surface area contributed by atoms with E-state index in [-0.39, 0.29) is 6.42 Å². The molecule has 35 heteroatoms. The molecule has 0 saturated carbocycles. The summed E-state index contributed by atoms with van der Waals surface area (Å²) in [5, 5.41) is 158. The van der Waals surface area contributed by atoms with Crippen LogP contribution in [0, 0.1) is 0 Å². The molecule has 6 saturated heterocycles. The van der Waals surface area contributed by atoms with Gasteiger partial charge in [-0.3, -0.25) is 24.0 Å². The van der Waals surface area contributed by atoms with Crippen molar-refractivity contribution in [1.29, 1.82) is 0 Å². The van der Waals surface area contributed by atoms with Crippen LogP contribution >= 0.6 is 0 Å². The Balaban J connectivity index is 1.15. The lowest BCUT2D eigenvalue weighted by Crippen LogP contribution is -2.72. The van der Waals surface area contributed by atoms with Crippen molar-refractivity contribution >= 4 is 29.5 Å². The van der Waals surface area contributed by atoms with Crippen molar-refractivity contribution in [3.8, 4) is 0 Å². The summed E-state index contributed by atoms with van der Waals surface area (Å²) in [5.74, 6) is -3.71. The minimum absolute atomic E-state index is 0.0169. The lowest BCUT2D eigenvalue weighted by molar-refractivity contribution is -0.368. The summed E-state index contributed by atoms with van der Waals surface area (Å²) in [7, 11) is 1.21. The van der Waals surface area contributed by atoms with Crippen LogP contribution in [-0.4, -0.2) is 320 Å². The van der Waals surface area contributed by atoms with Crippen LogP contribution < -0.4 is 26.6 Å². The van der Waals surface area contributed by atoms with Gasteiger partial charge in [0.25, 0.3) is 0 Å². The average Bonchev–Trinajstić information content (AvgIpc) is 0.773. The Bertz CT molecular complexity index is 2450. The van der Waals surface area contributed by atoms with E-state index >= 15 is 0 Å². The Hall–Kier alpha value is -3.91. The predicted octanol–water partition coefficient (Wildman–Crippen LogP) is -5.68. The van der Waals surface area contributed by atoms with E-state index in [1.165, 1.54) is 39.7 Å². The molecular formula is C63H109N5O30. The van der Waals surface area contributed by atoms with Crippen molar-refractivity contribution in [2.75, 3.05) is 40.1 Å². The van der Waals surface area contributed by atoms with Gasteiger partial charge in [0.15, 0.2) is 37.7 Å². The smallest absolute Gasteiger partial charge is 0.220 e. The van der Waals surface area contributed by atoms with E-state index in [4.69, 9.17) is 56.8 Å². The van der Waals surface area contributed by atoms with Gasteiger partial charge in [-0.25, -0.2) is 0 Å². The second-order valence-electron chi connectivity index (χ2n) is 25.9. The maximum absolute atomic E-state index is 13.4. The third-order valence-corrected chi connectivity index (χ3v) is 18.3. The van der Waals surface area contributed by atoms with E-state index in [0.29, 0.717) is 6.42 Å². The highest BCUT2D eigenvalue weighted by Gasteiger charge is 2.58. The number of carbonyl (C=O) groups is 5. The van der Waals surface area contributed by atoms with Crippen molar-refractivity contribution < 1.29 is 147 Å². The van der Waals surface area contributed by atoms with E-state index in [0.717, 1.165) is 79.1 Å². The molecule has 0 aromatic carbocycles. The van der Waals surface area contributed by atoms with Crippen LogP contribution in [0.4, 0.5) is 0 Å². The van der Waals surface area contributed by atoms with Crippen molar-refractivity contribution in [1.82, 2.24) is 26.6 Å². The summed E-state index contributed by atoms with van der Waals surface area (Å²) in [4.78, 5) is 64.5. The topological polar surface area (TPSA) is 519 Å². The number of hydrogen-bond donors (Lipinski definition) is 18. The molecule has 0 aromatic heterocycles. The number of rotatable bonds is 36. The van der Waals surface area contributed by atoms with Crippen LogP contribution in [0.25, 0.3) is 0 Å². The Labute approximate surface area is 569 Å². The fourth-order valence-electron chi connectivity index (χ4n) is 13.0. The first-order valence-electron chi connectivity index (χ1n) is 34.0. The lowest BCUT2D eigenvalue weighted by Gasteiger charge is -2.51. The minimum atomic E-state index is -2.05. The van der Waals surface area contributed by atoms with Gasteiger partial charge in [-0.1, -0.05) is 70.4 Å². The molecule has 12 unspecified atom stereocenters. The molecule has 6 heterocycles. The van der Waals surface area contributed by atoms with Crippen molar-refractivity contribution in [3.63, 3.8) is 0 Å². The zero-order valence-corrected chi connectivity index (χ0v) is 56.7. The SMILES string of the molecule is CCCCCC/C=C\CCCCCCCCCC(=O)NC1[C@H](O[C@@H]2C(CO)O[C@@H](O[C@@H]3C(CO)O[C@@H](O[C@@H]4C(CO)O[C@@H](O[C@@H]5C(CO[C@@H]6OC(C)[C@@H](O)[C@@H](O)C6OC)O[C@@H](O)[C@@H](NC(C)=O)C5O)[C@@H](NC(C)=O)C4O)C(NC(C)=O)[C@H]3O)C(NC(C)=O)[C@H]2O)OC(CO)[C@@H](O)[C@@H]1O. The van der Waals surface area contributed by atoms with Gasteiger partial charge in [-0.15, -0.1) is 0 Å². The molecule has 0 bridgehead atoms. The van der Waals surface area contributed by atoms with Crippen LogP contribution in [0.5, 0.6) is 0 Å². The molecule has 0 radical (unpaired) electrons. The summed E-state index contributed by atoms with van der Waals surface area (Å²) >= 11 is 0. The molecule has 0 aromatic rings.